The highest BCUT2D eigenvalue weighted by atomic mass is 19.1. The van der Waals surface area contributed by atoms with E-state index < -0.39 is 0 Å². The number of unbranched alkanes of at least 4 members (excludes halogenated alkanes) is 3. The molecule has 1 rings (SSSR count). The minimum absolute atomic E-state index is 0.223. The van der Waals surface area contributed by atoms with E-state index in [4.69, 9.17) is 4.74 Å². The van der Waals surface area contributed by atoms with Crippen molar-refractivity contribution in [3.8, 4) is 5.75 Å². The number of hydrogen-bond donors (Lipinski definition) is 1. The molecule has 0 spiro atoms. The zero-order valence-electron chi connectivity index (χ0n) is 11.6. The van der Waals surface area contributed by atoms with Crippen LogP contribution < -0.4 is 10.1 Å². The summed E-state index contributed by atoms with van der Waals surface area (Å²) in [5.74, 6) is 0.00327. The molecule has 1 N–H and O–H groups in total. The van der Waals surface area contributed by atoms with E-state index in [-0.39, 0.29) is 11.9 Å². The van der Waals surface area contributed by atoms with Gasteiger partial charge in [-0.15, -0.1) is 0 Å². The molecule has 0 aliphatic rings. The highest BCUT2D eigenvalue weighted by molar-refractivity contribution is 5.31. The molecule has 0 saturated carbocycles. The van der Waals surface area contributed by atoms with Gasteiger partial charge in [0, 0.05) is 6.04 Å². The summed E-state index contributed by atoms with van der Waals surface area (Å²) in [7, 11) is 1.49. The molecule has 0 amide bonds. The smallest absolute Gasteiger partial charge is 0.165 e. The van der Waals surface area contributed by atoms with Gasteiger partial charge in [0.1, 0.15) is 0 Å². The molecule has 1 unspecified atom stereocenters. The first-order chi connectivity index (χ1) is 8.69. The third-order valence-corrected chi connectivity index (χ3v) is 3.16. The van der Waals surface area contributed by atoms with E-state index in [1.165, 1.54) is 38.9 Å². The van der Waals surface area contributed by atoms with Crippen LogP contribution in [0, 0.1) is 5.82 Å². The fourth-order valence-electron chi connectivity index (χ4n) is 1.93. The van der Waals surface area contributed by atoms with Crippen LogP contribution in [0.1, 0.15) is 51.1 Å². The number of methoxy groups -OCH3 is 1. The number of benzene rings is 1. The highest BCUT2D eigenvalue weighted by Crippen LogP contribution is 2.22. The van der Waals surface area contributed by atoms with E-state index in [1.807, 2.05) is 6.07 Å². The van der Waals surface area contributed by atoms with E-state index in [2.05, 4.69) is 19.2 Å². The van der Waals surface area contributed by atoms with Crippen LogP contribution in [0.25, 0.3) is 0 Å². The number of hydrogen-bond acceptors (Lipinski definition) is 2. The minimum atomic E-state index is -0.309. The van der Waals surface area contributed by atoms with Gasteiger partial charge >= 0.3 is 0 Å². The van der Waals surface area contributed by atoms with Gasteiger partial charge in [-0.05, 0) is 37.6 Å². The van der Waals surface area contributed by atoms with Crippen molar-refractivity contribution < 1.29 is 9.13 Å². The van der Waals surface area contributed by atoms with Crippen molar-refractivity contribution in [1.82, 2.24) is 5.32 Å². The van der Waals surface area contributed by atoms with Gasteiger partial charge in [-0.2, -0.15) is 0 Å². The van der Waals surface area contributed by atoms with Crippen LogP contribution in [0.3, 0.4) is 0 Å². The Morgan fingerprint density at radius 1 is 1.28 bits per heavy atom. The third kappa shape index (κ3) is 4.65. The second-order valence-corrected chi connectivity index (χ2v) is 4.63. The normalized spacial score (nSPS) is 12.4. The van der Waals surface area contributed by atoms with E-state index in [0.29, 0.717) is 5.75 Å². The van der Waals surface area contributed by atoms with Crippen molar-refractivity contribution in [3.63, 3.8) is 0 Å². The molecule has 0 fully saturated rings. The molecule has 1 aromatic carbocycles. The summed E-state index contributed by atoms with van der Waals surface area (Å²) in [5.41, 5.74) is 1.06. The van der Waals surface area contributed by atoms with Gasteiger partial charge in [-0.3, -0.25) is 0 Å². The molecule has 0 aromatic heterocycles. The van der Waals surface area contributed by atoms with E-state index in [0.717, 1.165) is 12.1 Å². The lowest BCUT2D eigenvalue weighted by Crippen LogP contribution is -2.19. The quantitative estimate of drug-likeness (QED) is 0.705. The molecule has 0 radical (unpaired) electrons. The summed E-state index contributed by atoms with van der Waals surface area (Å²) in [4.78, 5) is 0. The molecule has 1 aromatic rings. The Morgan fingerprint density at radius 2 is 2.06 bits per heavy atom. The van der Waals surface area contributed by atoms with Crippen LogP contribution in [-0.2, 0) is 0 Å². The molecule has 0 heterocycles. The Labute approximate surface area is 110 Å². The van der Waals surface area contributed by atoms with E-state index >= 15 is 0 Å². The Balaban J connectivity index is 2.43. The van der Waals surface area contributed by atoms with Crippen molar-refractivity contribution in [1.29, 1.82) is 0 Å². The molecule has 0 saturated heterocycles. The molecule has 18 heavy (non-hydrogen) atoms. The second-order valence-electron chi connectivity index (χ2n) is 4.63. The Hall–Kier alpha value is -1.09. The summed E-state index contributed by atoms with van der Waals surface area (Å²) in [6.45, 7) is 5.30. The first kappa shape index (κ1) is 15.0. The maximum atomic E-state index is 13.3. The Morgan fingerprint density at radius 3 is 2.72 bits per heavy atom. The zero-order chi connectivity index (χ0) is 13.4. The summed E-state index contributed by atoms with van der Waals surface area (Å²) in [5, 5.41) is 3.45. The van der Waals surface area contributed by atoms with Gasteiger partial charge in [0.25, 0.3) is 0 Å². The van der Waals surface area contributed by atoms with E-state index in [9.17, 15) is 4.39 Å². The summed E-state index contributed by atoms with van der Waals surface area (Å²) < 4.78 is 18.3. The predicted octanol–water partition coefficient (Wildman–Crippen LogP) is 4.07. The maximum Gasteiger partial charge on any atom is 0.165 e. The van der Waals surface area contributed by atoms with Crippen molar-refractivity contribution in [2.24, 2.45) is 0 Å². The SMILES string of the molecule is CCCCCCNC(C)c1ccc(F)c(OC)c1. The van der Waals surface area contributed by atoms with Crippen LogP contribution in [0.4, 0.5) is 4.39 Å². The highest BCUT2D eigenvalue weighted by Gasteiger charge is 2.08. The topological polar surface area (TPSA) is 21.3 Å². The second kappa shape index (κ2) is 8.09. The molecule has 0 aliphatic carbocycles. The number of nitrogens with one attached hydrogen (secondary N) is 1. The number of ether oxygens (including phenoxy) is 1. The van der Waals surface area contributed by atoms with Gasteiger partial charge in [0.15, 0.2) is 11.6 Å². The molecular formula is C15H24FNO. The van der Waals surface area contributed by atoms with Crippen LogP contribution in [0.2, 0.25) is 0 Å². The molecular weight excluding hydrogens is 229 g/mol. The summed E-state index contributed by atoms with van der Waals surface area (Å²) >= 11 is 0. The third-order valence-electron chi connectivity index (χ3n) is 3.16. The van der Waals surface area contributed by atoms with Gasteiger partial charge in [0.2, 0.25) is 0 Å². The molecule has 3 heteroatoms. The van der Waals surface area contributed by atoms with Gasteiger partial charge in [-0.25, -0.2) is 4.39 Å². The van der Waals surface area contributed by atoms with Crippen LogP contribution in [0.15, 0.2) is 18.2 Å². The minimum Gasteiger partial charge on any atom is -0.494 e. The monoisotopic (exact) mass is 253 g/mol. The lowest BCUT2D eigenvalue weighted by molar-refractivity contribution is 0.385. The number of halogens is 1. The van der Waals surface area contributed by atoms with Crippen molar-refractivity contribution in [2.45, 2.75) is 45.6 Å². The van der Waals surface area contributed by atoms with Gasteiger partial charge in [0.05, 0.1) is 7.11 Å². The molecule has 102 valence electrons. The molecule has 0 bridgehead atoms. The van der Waals surface area contributed by atoms with Crippen LogP contribution >= 0.6 is 0 Å². The first-order valence-corrected chi connectivity index (χ1v) is 6.75. The summed E-state index contributed by atoms with van der Waals surface area (Å²) in [6, 6.07) is 5.26. The lowest BCUT2D eigenvalue weighted by atomic mass is 10.1. The number of rotatable bonds is 8. The lowest BCUT2D eigenvalue weighted by Gasteiger charge is -2.15. The average molecular weight is 253 g/mol. The Bertz CT molecular complexity index is 354. The van der Waals surface area contributed by atoms with Crippen LogP contribution in [-0.4, -0.2) is 13.7 Å². The standard InChI is InChI=1S/C15H24FNO/c1-4-5-6-7-10-17-12(2)13-8-9-14(16)15(11-13)18-3/h8-9,11-12,17H,4-7,10H2,1-3H3. The summed E-state index contributed by atoms with van der Waals surface area (Å²) in [6.07, 6.45) is 5.00. The fraction of sp³-hybridized carbons (Fsp3) is 0.600. The van der Waals surface area contributed by atoms with Gasteiger partial charge < -0.3 is 10.1 Å². The van der Waals surface area contributed by atoms with Gasteiger partial charge in [-0.1, -0.05) is 32.3 Å². The maximum absolute atomic E-state index is 13.3. The largest absolute Gasteiger partial charge is 0.494 e. The van der Waals surface area contributed by atoms with Crippen molar-refractivity contribution in [2.75, 3.05) is 13.7 Å². The fourth-order valence-corrected chi connectivity index (χ4v) is 1.93. The predicted molar refractivity (Wildman–Crippen MR) is 73.5 cm³/mol. The molecule has 2 nitrogen and oxygen atoms in total. The van der Waals surface area contributed by atoms with Crippen molar-refractivity contribution >= 4 is 0 Å². The molecule has 0 aliphatic heterocycles. The Kier molecular flexibility index (Phi) is 6.73. The molecule has 1 atom stereocenters. The van der Waals surface area contributed by atoms with E-state index in [1.54, 1.807) is 6.07 Å². The average Bonchev–Trinajstić information content (AvgIpc) is 2.38. The zero-order valence-corrected chi connectivity index (χ0v) is 11.6. The first-order valence-electron chi connectivity index (χ1n) is 6.75. The van der Waals surface area contributed by atoms with Crippen molar-refractivity contribution in [3.05, 3.63) is 29.6 Å². The van der Waals surface area contributed by atoms with Crippen LogP contribution in [0.5, 0.6) is 5.75 Å².